The van der Waals surface area contributed by atoms with Crippen LogP contribution >= 0.6 is 0 Å². The maximum atomic E-state index is 15.6. The van der Waals surface area contributed by atoms with Gasteiger partial charge in [0.05, 0.1) is 23.5 Å². The van der Waals surface area contributed by atoms with Crippen LogP contribution < -0.4 is 15.8 Å². The Balaban J connectivity index is 1.28. The van der Waals surface area contributed by atoms with Gasteiger partial charge in [-0.1, -0.05) is 18.2 Å². The Labute approximate surface area is 266 Å². The van der Waals surface area contributed by atoms with Crippen molar-refractivity contribution in [2.24, 2.45) is 0 Å². The average molecular weight is 623 g/mol. The Kier molecular flexibility index (Phi) is 8.42. The van der Waals surface area contributed by atoms with Crippen LogP contribution in [0.3, 0.4) is 0 Å². The number of piperazine rings is 1. The lowest BCUT2D eigenvalue weighted by atomic mass is 9.96. The lowest BCUT2D eigenvalue weighted by Crippen LogP contribution is -2.55. The van der Waals surface area contributed by atoms with E-state index in [1.54, 1.807) is 52.2 Å². The van der Waals surface area contributed by atoms with E-state index in [1.165, 1.54) is 6.07 Å². The molecule has 0 spiro atoms. The van der Waals surface area contributed by atoms with Crippen molar-refractivity contribution < 1.29 is 18.7 Å². The quantitative estimate of drug-likeness (QED) is 0.228. The van der Waals surface area contributed by atoms with E-state index in [0.29, 0.717) is 67.1 Å². The summed E-state index contributed by atoms with van der Waals surface area (Å²) in [6, 6.07) is 17.3. The molecule has 0 radical (unpaired) electrons. The standard InChI is InChI=1S/C34H35FN8O3/c1-34(2,42-16-14-38-29(44)21-42)18-22(19-36)33(45)41-15-6-7-23(20-41)43-28-12-13-39-32(37)30(28)31(40-43)26-11-10-25(17-27(26)35)46-24-8-4-3-5-9-24/h3-5,8-13,17-18,23H,6-7,14-16,20-21H2,1-2H3,(H2,37,39)(H,38,44). The van der Waals surface area contributed by atoms with Crippen LogP contribution in [-0.4, -0.2) is 74.6 Å². The number of benzene rings is 2. The summed E-state index contributed by atoms with van der Waals surface area (Å²) in [6.07, 6.45) is 4.63. The smallest absolute Gasteiger partial charge is 0.264 e. The topological polar surface area (TPSA) is 142 Å². The summed E-state index contributed by atoms with van der Waals surface area (Å²) in [5, 5.41) is 18.2. The Morgan fingerprint density at radius 1 is 1.17 bits per heavy atom. The molecule has 4 aromatic rings. The van der Waals surface area contributed by atoms with Crippen molar-refractivity contribution in [2.75, 3.05) is 38.5 Å². The number of aromatic nitrogens is 3. The molecule has 12 heteroatoms. The van der Waals surface area contributed by atoms with Crippen molar-refractivity contribution in [1.29, 1.82) is 5.26 Å². The van der Waals surface area contributed by atoms with E-state index in [1.807, 2.05) is 36.9 Å². The number of hydrogen-bond acceptors (Lipinski definition) is 8. The minimum absolute atomic E-state index is 0.0240. The van der Waals surface area contributed by atoms with Crippen molar-refractivity contribution in [3.63, 3.8) is 0 Å². The third-order valence-electron chi connectivity index (χ3n) is 8.56. The first-order valence-corrected chi connectivity index (χ1v) is 15.2. The first-order chi connectivity index (χ1) is 22.1. The van der Waals surface area contributed by atoms with Crippen LogP contribution in [-0.2, 0) is 9.59 Å². The van der Waals surface area contributed by atoms with E-state index < -0.39 is 11.4 Å². The molecule has 2 amide bonds. The van der Waals surface area contributed by atoms with Crippen LogP contribution in [0.25, 0.3) is 22.2 Å². The second-order valence-electron chi connectivity index (χ2n) is 12.1. The number of nitriles is 1. The van der Waals surface area contributed by atoms with E-state index >= 15 is 4.39 Å². The minimum atomic E-state index is -0.683. The molecule has 0 saturated carbocycles. The first kappa shape index (κ1) is 30.7. The molecule has 1 unspecified atom stereocenters. The largest absolute Gasteiger partial charge is 0.457 e. The molecule has 46 heavy (non-hydrogen) atoms. The third-order valence-corrected chi connectivity index (χ3v) is 8.56. The number of likely N-dealkylation sites (tertiary alicyclic amines) is 1. The molecular weight excluding hydrogens is 587 g/mol. The van der Waals surface area contributed by atoms with Gasteiger partial charge in [-0.15, -0.1) is 0 Å². The van der Waals surface area contributed by atoms with Gasteiger partial charge in [0, 0.05) is 49.5 Å². The predicted molar refractivity (Wildman–Crippen MR) is 171 cm³/mol. The first-order valence-electron chi connectivity index (χ1n) is 15.2. The van der Waals surface area contributed by atoms with Gasteiger partial charge in [0.1, 0.15) is 40.5 Å². The Morgan fingerprint density at radius 2 is 1.98 bits per heavy atom. The molecule has 2 aromatic heterocycles. The van der Waals surface area contributed by atoms with E-state index in [-0.39, 0.29) is 41.4 Å². The van der Waals surface area contributed by atoms with Gasteiger partial charge >= 0.3 is 0 Å². The van der Waals surface area contributed by atoms with Gasteiger partial charge in [-0.3, -0.25) is 19.2 Å². The number of ether oxygens (including phenoxy) is 1. The number of fused-ring (bicyclic) bond motifs is 1. The number of carbonyl (C=O) groups excluding carboxylic acids is 2. The molecule has 2 aliphatic rings. The van der Waals surface area contributed by atoms with E-state index in [9.17, 15) is 14.9 Å². The SMILES string of the molecule is CC(C)(C=C(C#N)C(=O)N1CCCC(n2nc(-c3ccc(Oc4ccccc4)cc3F)c3c(N)nccc32)C1)N1CCNC(=O)C1. The van der Waals surface area contributed by atoms with Gasteiger partial charge in [0.25, 0.3) is 5.91 Å². The fourth-order valence-corrected chi connectivity index (χ4v) is 6.18. The Bertz CT molecular complexity index is 1860. The highest BCUT2D eigenvalue weighted by molar-refractivity contribution is 6.00. The third kappa shape index (κ3) is 6.14. The number of nitrogens with two attached hydrogens (primary N) is 1. The zero-order valence-electron chi connectivity index (χ0n) is 25.7. The van der Waals surface area contributed by atoms with Crippen molar-refractivity contribution >= 4 is 28.5 Å². The molecule has 2 saturated heterocycles. The van der Waals surface area contributed by atoms with Crippen molar-refractivity contribution in [3.8, 4) is 28.8 Å². The molecular formula is C34H35FN8O3. The summed E-state index contributed by atoms with van der Waals surface area (Å²) in [5.74, 6) is 0.160. The lowest BCUT2D eigenvalue weighted by Gasteiger charge is -2.39. The summed E-state index contributed by atoms with van der Waals surface area (Å²) >= 11 is 0. The number of para-hydroxylation sites is 1. The fraction of sp³-hybridized carbons (Fsp3) is 0.324. The molecule has 236 valence electrons. The maximum Gasteiger partial charge on any atom is 0.264 e. The van der Waals surface area contributed by atoms with E-state index in [0.717, 1.165) is 0 Å². The van der Waals surface area contributed by atoms with Crippen LogP contribution in [0.2, 0.25) is 0 Å². The molecule has 3 N–H and O–H groups in total. The van der Waals surface area contributed by atoms with Gasteiger partial charge < -0.3 is 20.7 Å². The summed E-state index contributed by atoms with van der Waals surface area (Å²) < 4.78 is 23.2. The number of amides is 2. The molecule has 2 fully saturated rings. The summed E-state index contributed by atoms with van der Waals surface area (Å²) in [5.41, 5.74) is 6.94. The number of nitrogens with one attached hydrogen (secondary N) is 1. The molecule has 6 rings (SSSR count). The van der Waals surface area contributed by atoms with Crippen molar-refractivity contribution in [3.05, 3.63) is 78.3 Å². The molecule has 2 aromatic carbocycles. The summed E-state index contributed by atoms with van der Waals surface area (Å²) in [4.78, 5) is 33.5. The zero-order chi connectivity index (χ0) is 32.4. The van der Waals surface area contributed by atoms with Gasteiger partial charge in [-0.05, 0) is 63.1 Å². The lowest BCUT2D eigenvalue weighted by molar-refractivity contribution is -0.128. The minimum Gasteiger partial charge on any atom is -0.457 e. The fourth-order valence-electron chi connectivity index (χ4n) is 6.18. The zero-order valence-corrected chi connectivity index (χ0v) is 25.7. The van der Waals surface area contributed by atoms with Gasteiger partial charge in [0.2, 0.25) is 5.91 Å². The van der Waals surface area contributed by atoms with Crippen LogP contribution in [0.4, 0.5) is 10.2 Å². The van der Waals surface area contributed by atoms with Crippen LogP contribution in [0.15, 0.2) is 72.4 Å². The molecule has 2 aliphatic heterocycles. The second kappa shape index (κ2) is 12.6. The summed E-state index contributed by atoms with van der Waals surface area (Å²) in [6.45, 7) is 5.88. The molecule has 0 aliphatic carbocycles. The number of carbonyl (C=O) groups is 2. The van der Waals surface area contributed by atoms with Crippen molar-refractivity contribution in [2.45, 2.75) is 38.3 Å². The average Bonchev–Trinajstić information content (AvgIpc) is 3.45. The number of piperidine rings is 1. The highest BCUT2D eigenvalue weighted by Gasteiger charge is 2.33. The number of anilines is 1. The number of pyridine rings is 1. The number of nitrogens with zero attached hydrogens (tertiary/aromatic N) is 6. The monoisotopic (exact) mass is 622 g/mol. The Hall–Kier alpha value is -5.28. The second-order valence-corrected chi connectivity index (χ2v) is 12.1. The number of halogens is 1. The van der Waals surface area contributed by atoms with Crippen molar-refractivity contribution in [1.82, 2.24) is 29.9 Å². The van der Waals surface area contributed by atoms with Gasteiger partial charge in [-0.25, -0.2) is 9.37 Å². The van der Waals surface area contributed by atoms with Crippen LogP contribution in [0.5, 0.6) is 11.5 Å². The molecule has 4 heterocycles. The molecule has 0 bridgehead atoms. The number of rotatable bonds is 7. The molecule has 11 nitrogen and oxygen atoms in total. The van der Waals surface area contributed by atoms with Gasteiger partial charge in [-0.2, -0.15) is 10.4 Å². The Morgan fingerprint density at radius 3 is 2.72 bits per heavy atom. The highest BCUT2D eigenvalue weighted by Crippen LogP contribution is 2.37. The summed E-state index contributed by atoms with van der Waals surface area (Å²) in [7, 11) is 0. The maximum absolute atomic E-state index is 15.6. The molecule has 1 atom stereocenters. The van der Waals surface area contributed by atoms with E-state index in [4.69, 9.17) is 15.6 Å². The van der Waals surface area contributed by atoms with Crippen LogP contribution in [0.1, 0.15) is 32.7 Å². The predicted octanol–water partition coefficient (Wildman–Crippen LogP) is 4.44. The van der Waals surface area contributed by atoms with Gasteiger partial charge in [0.15, 0.2) is 0 Å². The van der Waals surface area contributed by atoms with Crippen LogP contribution in [0, 0.1) is 17.1 Å². The highest BCUT2D eigenvalue weighted by atomic mass is 19.1. The number of nitrogen functional groups attached to an aromatic ring is 1. The number of hydrogen-bond donors (Lipinski definition) is 2. The van der Waals surface area contributed by atoms with E-state index in [2.05, 4.69) is 16.4 Å². The normalized spacial score (nSPS) is 17.9.